The van der Waals surface area contributed by atoms with E-state index in [2.05, 4.69) is 20.1 Å². The van der Waals surface area contributed by atoms with Crippen LogP contribution in [-0.2, 0) is 4.79 Å². The molecule has 0 aromatic carbocycles. The molecule has 2 aromatic heterocycles. The molecule has 4 rings (SSSR count). The number of aromatic nitrogens is 4. The lowest BCUT2D eigenvalue weighted by atomic mass is 9.83. The Morgan fingerprint density at radius 3 is 2.81 bits per heavy atom. The zero-order valence-corrected chi connectivity index (χ0v) is 11.5. The van der Waals surface area contributed by atoms with Crippen LogP contribution in [0.25, 0.3) is 11.5 Å². The van der Waals surface area contributed by atoms with Crippen LogP contribution in [0.5, 0.6) is 0 Å². The number of likely N-dealkylation sites (tertiary alicyclic amines) is 1. The number of carbonyl (C=O) groups excluding carboxylic acids is 1. The van der Waals surface area contributed by atoms with Crippen molar-refractivity contribution in [3.8, 4) is 11.5 Å². The molecule has 1 saturated heterocycles. The second-order valence-electron chi connectivity index (χ2n) is 5.61. The SMILES string of the molecule is O=C(C1CCC1)N1CC(c2nc(-c3cnccn3)no2)C1. The topological polar surface area (TPSA) is 85.0 Å². The Kier molecular flexibility index (Phi) is 2.90. The average molecular weight is 285 g/mol. The molecule has 0 unspecified atom stereocenters. The van der Waals surface area contributed by atoms with Gasteiger partial charge in [0, 0.05) is 31.4 Å². The van der Waals surface area contributed by atoms with Crippen molar-refractivity contribution in [3.63, 3.8) is 0 Å². The van der Waals surface area contributed by atoms with Gasteiger partial charge >= 0.3 is 0 Å². The maximum atomic E-state index is 12.1. The Morgan fingerprint density at radius 1 is 1.29 bits per heavy atom. The second kappa shape index (κ2) is 4.91. The first-order chi connectivity index (χ1) is 10.3. The van der Waals surface area contributed by atoms with E-state index in [1.54, 1.807) is 18.6 Å². The lowest BCUT2D eigenvalue weighted by molar-refractivity contribution is -0.143. The smallest absolute Gasteiger partial charge is 0.233 e. The first-order valence-electron chi connectivity index (χ1n) is 7.20. The van der Waals surface area contributed by atoms with E-state index >= 15 is 0 Å². The molecule has 7 nitrogen and oxygen atoms in total. The Balaban J connectivity index is 1.40. The normalized spacial score (nSPS) is 19.1. The van der Waals surface area contributed by atoms with E-state index in [4.69, 9.17) is 4.52 Å². The number of amides is 1. The van der Waals surface area contributed by atoms with Crippen molar-refractivity contribution in [2.75, 3.05) is 13.1 Å². The van der Waals surface area contributed by atoms with Crippen molar-refractivity contribution in [2.24, 2.45) is 5.92 Å². The fourth-order valence-corrected chi connectivity index (χ4v) is 2.65. The maximum Gasteiger partial charge on any atom is 0.233 e. The molecule has 2 aromatic rings. The lowest BCUT2D eigenvalue weighted by Gasteiger charge is -2.41. The molecule has 1 aliphatic heterocycles. The molecular formula is C14H15N5O2. The highest BCUT2D eigenvalue weighted by Crippen LogP contribution is 2.33. The van der Waals surface area contributed by atoms with E-state index in [0.717, 1.165) is 12.8 Å². The molecular weight excluding hydrogens is 270 g/mol. The molecule has 2 fully saturated rings. The van der Waals surface area contributed by atoms with Gasteiger partial charge in [-0.05, 0) is 12.8 Å². The summed E-state index contributed by atoms with van der Waals surface area (Å²) in [4.78, 5) is 26.4. The van der Waals surface area contributed by atoms with E-state index in [9.17, 15) is 4.79 Å². The predicted octanol–water partition coefficient (Wildman–Crippen LogP) is 1.25. The number of hydrogen-bond acceptors (Lipinski definition) is 6. The molecule has 108 valence electrons. The molecule has 3 heterocycles. The van der Waals surface area contributed by atoms with Crippen molar-refractivity contribution < 1.29 is 9.32 Å². The summed E-state index contributed by atoms with van der Waals surface area (Å²) in [6.07, 6.45) is 8.05. The Morgan fingerprint density at radius 2 is 2.14 bits per heavy atom. The van der Waals surface area contributed by atoms with Gasteiger partial charge in [0.1, 0.15) is 5.69 Å². The first-order valence-corrected chi connectivity index (χ1v) is 7.20. The van der Waals surface area contributed by atoms with Crippen LogP contribution in [0.15, 0.2) is 23.1 Å². The highest BCUT2D eigenvalue weighted by molar-refractivity contribution is 5.80. The van der Waals surface area contributed by atoms with Crippen LogP contribution in [0.2, 0.25) is 0 Å². The molecule has 2 aliphatic rings. The minimum Gasteiger partial charge on any atom is -0.341 e. The van der Waals surface area contributed by atoms with Gasteiger partial charge in [0.25, 0.3) is 0 Å². The summed E-state index contributed by atoms with van der Waals surface area (Å²) >= 11 is 0. The third kappa shape index (κ3) is 2.18. The van der Waals surface area contributed by atoms with Gasteiger partial charge in [-0.2, -0.15) is 4.98 Å². The van der Waals surface area contributed by atoms with Crippen molar-refractivity contribution in [3.05, 3.63) is 24.5 Å². The number of carbonyl (C=O) groups is 1. The van der Waals surface area contributed by atoms with Crippen LogP contribution in [-0.4, -0.2) is 44.0 Å². The lowest BCUT2D eigenvalue weighted by Crippen LogP contribution is -2.51. The summed E-state index contributed by atoms with van der Waals surface area (Å²) < 4.78 is 5.28. The fourth-order valence-electron chi connectivity index (χ4n) is 2.65. The highest BCUT2D eigenvalue weighted by Gasteiger charge is 2.39. The minimum atomic E-state index is 0.145. The van der Waals surface area contributed by atoms with E-state index in [1.165, 1.54) is 6.42 Å². The summed E-state index contributed by atoms with van der Waals surface area (Å²) in [6.45, 7) is 1.36. The largest absolute Gasteiger partial charge is 0.341 e. The number of nitrogens with zero attached hydrogens (tertiary/aromatic N) is 5. The fraction of sp³-hybridized carbons (Fsp3) is 0.500. The first kappa shape index (κ1) is 12.4. The van der Waals surface area contributed by atoms with Crippen LogP contribution in [0, 0.1) is 5.92 Å². The summed E-state index contributed by atoms with van der Waals surface area (Å²) in [5.41, 5.74) is 0.592. The van der Waals surface area contributed by atoms with Crippen LogP contribution < -0.4 is 0 Å². The summed E-state index contributed by atoms with van der Waals surface area (Å²) in [7, 11) is 0. The van der Waals surface area contributed by atoms with Crippen molar-refractivity contribution in [2.45, 2.75) is 25.2 Å². The zero-order chi connectivity index (χ0) is 14.2. The van der Waals surface area contributed by atoms with Crippen LogP contribution >= 0.6 is 0 Å². The van der Waals surface area contributed by atoms with Crippen molar-refractivity contribution >= 4 is 5.91 Å². The Bertz CT molecular complexity index is 646. The minimum absolute atomic E-state index is 0.145. The third-order valence-corrected chi connectivity index (χ3v) is 4.23. The molecule has 1 aliphatic carbocycles. The molecule has 21 heavy (non-hydrogen) atoms. The van der Waals surface area contributed by atoms with Gasteiger partial charge in [0.2, 0.25) is 17.6 Å². The van der Waals surface area contributed by atoms with Gasteiger partial charge in [-0.25, -0.2) is 4.98 Å². The van der Waals surface area contributed by atoms with Gasteiger partial charge in [-0.1, -0.05) is 11.6 Å². The van der Waals surface area contributed by atoms with Gasteiger partial charge in [-0.3, -0.25) is 9.78 Å². The van der Waals surface area contributed by atoms with E-state index in [0.29, 0.717) is 30.5 Å². The molecule has 0 atom stereocenters. The maximum absolute atomic E-state index is 12.1. The van der Waals surface area contributed by atoms with Crippen LogP contribution in [0.1, 0.15) is 31.1 Å². The monoisotopic (exact) mass is 285 g/mol. The molecule has 0 bridgehead atoms. The summed E-state index contributed by atoms with van der Waals surface area (Å²) in [5.74, 6) is 1.71. The van der Waals surface area contributed by atoms with Crippen LogP contribution in [0.4, 0.5) is 0 Å². The van der Waals surface area contributed by atoms with E-state index in [1.807, 2.05) is 4.90 Å². The third-order valence-electron chi connectivity index (χ3n) is 4.23. The van der Waals surface area contributed by atoms with Crippen LogP contribution in [0.3, 0.4) is 0 Å². The second-order valence-corrected chi connectivity index (χ2v) is 5.61. The number of rotatable bonds is 3. The van der Waals surface area contributed by atoms with Gasteiger partial charge in [0.15, 0.2) is 0 Å². The molecule has 1 amide bonds. The molecule has 0 N–H and O–H groups in total. The van der Waals surface area contributed by atoms with Crippen molar-refractivity contribution in [1.82, 2.24) is 25.0 Å². The molecule has 7 heteroatoms. The van der Waals surface area contributed by atoms with Gasteiger partial charge < -0.3 is 9.42 Å². The highest BCUT2D eigenvalue weighted by atomic mass is 16.5. The zero-order valence-electron chi connectivity index (χ0n) is 11.5. The Hall–Kier alpha value is -2.31. The quantitative estimate of drug-likeness (QED) is 0.843. The van der Waals surface area contributed by atoms with Gasteiger partial charge in [0.05, 0.1) is 12.1 Å². The summed E-state index contributed by atoms with van der Waals surface area (Å²) in [5, 5.41) is 3.93. The molecule has 1 saturated carbocycles. The average Bonchev–Trinajstić information content (AvgIpc) is 2.85. The number of hydrogen-bond donors (Lipinski definition) is 0. The molecule has 0 radical (unpaired) electrons. The van der Waals surface area contributed by atoms with Crippen molar-refractivity contribution in [1.29, 1.82) is 0 Å². The van der Waals surface area contributed by atoms with Gasteiger partial charge in [-0.15, -0.1) is 0 Å². The molecule has 0 spiro atoms. The van der Waals surface area contributed by atoms with E-state index in [-0.39, 0.29) is 17.7 Å². The van der Waals surface area contributed by atoms with E-state index < -0.39 is 0 Å². The Labute approximate surface area is 121 Å². The standard InChI is InChI=1S/C14H15N5O2/c20-14(9-2-1-3-9)19-7-10(8-19)13-17-12(18-21-13)11-6-15-4-5-16-11/h4-6,9-10H,1-3,7-8H2. The predicted molar refractivity (Wildman–Crippen MR) is 72.0 cm³/mol. The summed E-state index contributed by atoms with van der Waals surface area (Å²) in [6, 6.07) is 0.